The molecule has 1 aliphatic heterocycles. The van der Waals surface area contributed by atoms with Gasteiger partial charge in [-0.1, -0.05) is 37.3 Å². The zero-order valence-electron chi connectivity index (χ0n) is 13.7. The summed E-state index contributed by atoms with van der Waals surface area (Å²) in [5.41, 5.74) is 1.12. The second-order valence-corrected chi connectivity index (χ2v) is 5.82. The van der Waals surface area contributed by atoms with E-state index in [1.165, 1.54) is 0 Å². The smallest absolute Gasteiger partial charge is 0.272 e. The quantitative estimate of drug-likeness (QED) is 0.853. The van der Waals surface area contributed by atoms with Crippen LogP contribution in [0.4, 0.5) is 0 Å². The van der Waals surface area contributed by atoms with E-state index in [0.29, 0.717) is 31.0 Å². The molecule has 2 heterocycles. The van der Waals surface area contributed by atoms with Crippen LogP contribution >= 0.6 is 0 Å². The highest BCUT2D eigenvalue weighted by Gasteiger charge is 2.30. The van der Waals surface area contributed by atoms with Crippen LogP contribution in [0.15, 0.2) is 36.5 Å². The lowest BCUT2D eigenvalue weighted by molar-refractivity contribution is -0.00308. The molecule has 0 saturated carbocycles. The van der Waals surface area contributed by atoms with Crippen LogP contribution in [0.25, 0.3) is 0 Å². The van der Waals surface area contributed by atoms with Crippen molar-refractivity contribution in [2.45, 2.75) is 25.8 Å². The number of ketones is 1. The van der Waals surface area contributed by atoms with Gasteiger partial charge in [0, 0.05) is 24.9 Å². The van der Waals surface area contributed by atoms with E-state index in [9.17, 15) is 9.59 Å². The second kappa shape index (κ2) is 7.40. The monoisotopic (exact) mass is 327 g/mol. The maximum absolute atomic E-state index is 12.7. The van der Waals surface area contributed by atoms with E-state index in [2.05, 4.69) is 9.97 Å². The first-order chi connectivity index (χ1) is 11.7. The van der Waals surface area contributed by atoms with Crippen LogP contribution in [0.2, 0.25) is 0 Å². The average molecular weight is 327 g/mol. The molecule has 1 atom stereocenters. The van der Waals surface area contributed by atoms with Crippen molar-refractivity contribution in [2.24, 2.45) is 0 Å². The van der Waals surface area contributed by atoms with Gasteiger partial charge >= 0.3 is 0 Å². The SMILES string of the molecule is CCc1ncc(C(=O)N2CCOCC2CC(=O)c2ccccc2)[nH]1. The number of Topliss-reactive ketones (excluding diaryl/α,β-unsaturated/α-hetero) is 1. The zero-order valence-corrected chi connectivity index (χ0v) is 13.7. The Balaban J connectivity index is 1.73. The fraction of sp³-hybridized carbons (Fsp3) is 0.389. The van der Waals surface area contributed by atoms with Crippen molar-refractivity contribution >= 4 is 11.7 Å². The minimum Gasteiger partial charge on any atom is -0.377 e. The third-order valence-electron chi connectivity index (χ3n) is 4.20. The predicted molar refractivity (Wildman–Crippen MR) is 89.0 cm³/mol. The Labute approximate surface area is 140 Å². The van der Waals surface area contributed by atoms with Gasteiger partial charge in [0.1, 0.15) is 11.5 Å². The van der Waals surface area contributed by atoms with E-state index in [-0.39, 0.29) is 24.2 Å². The molecule has 1 fully saturated rings. The van der Waals surface area contributed by atoms with Crippen LogP contribution < -0.4 is 0 Å². The Kier molecular flexibility index (Phi) is 5.05. The lowest BCUT2D eigenvalue weighted by Crippen LogP contribution is -2.49. The van der Waals surface area contributed by atoms with Gasteiger partial charge in [-0.3, -0.25) is 9.59 Å². The first-order valence-electron chi connectivity index (χ1n) is 8.20. The number of nitrogens with zero attached hydrogens (tertiary/aromatic N) is 2. The van der Waals surface area contributed by atoms with Crippen LogP contribution in [0, 0.1) is 0 Å². The minimum atomic E-state index is -0.257. The van der Waals surface area contributed by atoms with Crippen LogP contribution in [-0.4, -0.2) is 52.4 Å². The van der Waals surface area contributed by atoms with Gasteiger partial charge in [-0.15, -0.1) is 0 Å². The van der Waals surface area contributed by atoms with E-state index in [1.54, 1.807) is 23.2 Å². The third kappa shape index (κ3) is 3.54. The number of ether oxygens (including phenoxy) is 1. The number of morpholine rings is 1. The van der Waals surface area contributed by atoms with E-state index >= 15 is 0 Å². The average Bonchev–Trinajstić information content (AvgIpc) is 3.11. The Hall–Kier alpha value is -2.47. The topological polar surface area (TPSA) is 75.3 Å². The fourth-order valence-electron chi connectivity index (χ4n) is 2.85. The summed E-state index contributed by atoms with van der Waals surface area (Å²) in [4.78, 5) is 34.1. The molecule has 0 aliphatic carbocycles. The lowest BCUT2D eigenvalue weighted by atomic mass is 10.0. The molecule has 0 radical (unpaired) electrons. The predicted octanol–water partition coefficient (Wildman–Crippen LogP) is 2.09. The molecule has 1 aliphatic rings. The molecule has 6 nitrogen and oxygen atoms in total. The minimum absolute atomic E-state index is 0.0164. The van der Waals surface area contributed by atoms with Gasteiger partial charge in [-0.25, -0.2) is 4.98 Å². The fourth-order valence-corrected chi connectivity index (χ4v) is 2.85. The van der Waals surface area contributed by atoms with Crippen molar-refractivity contribution < 1.29 is 14.3 Å². The summed E-state index contributed by atoms with van der Waals surface area (Å²) in [5, 5.41) is 0. The van der Waals surface area contributed by atoms with Gasteiger partial charge in [0.15, 0.2) is 5.78 Å². The summed E-state index contributed by atoms with van der Waals surface area (Å²) in [7, 11) is 0. The summed E-state index contributed by atoms with van der Waals surface area (Å²) < 4.78 is 5.49. The summed E-state index contributed by atoms with van der Waals surface area (Å²) in [6, 6.07) is 8.88. The van der Waals surface area contributed by atoms with E-state index < -0.39 is 0 Å². The molecular weight excluding hydrogens is 306 g/mol. The molecule has 1 aromatic heterocycles. The van der Waals surface area contributed by atoms with Crippen LogP contribution in [-0.2, 0) is 11.2 Å². The van der Waals surface area contributed by atoms with Crippen molar-refractivity contribution in [3.05, 3.63) is 53.6 Å². The zero-order chi connectivity index (χ0) is 16.9. The van der Waals surface area contributed by atoms with Gasteiger partial charge in [-0.05, 0) is 0 Å². The summed E-state index contributed by atoms with van der Waals surface area (Å²) in [5.74, 6) is 0.669. The number of amides is 1. The number of rotatable bonds is 5. The van der Waals surface area contributed by atoms with Crippen LogP contribution in [0.5, 0.6) is 0 Å². The second-order valence-electron chi connectivity index (χ2n) is 5.82. The Morgan fingerprint density at radius 3 is 2.83 bits per heavy atom. The molecule has 1 aromatic carbocycles. The van der Waals surface area contributed by atoms with Crippen LogP contribution in [0.1, 0.15) is 40.0 Å². The molecule has 3 rings (SSSR count). The number of hydrogen-bond donors (Lipinski definition) is 1. The Bertz CT molecular complexity index is 711. The first kappa shape index (κ1) is 16.4. The molecule has 126 valence electrons. The number of carbonyl (C=O) groups is 2. The van der Waals surface area contributed by atoms with Crippen LogP contribution in [0.3, 0.4) is 0 Å². The van der Waals surface area contributed by atoms with Crippen molar-refractivity contribution in [2.75, 3.05) is 19.8 Å². The molecule has 0 spiro atoms. The number of nitrogens with one attached hydrogen (secondary N) is 1. The lowest BCUT2D eigenvalue weighted by Gasteiger charge is -2.35. The number of aryl methyl sites for hydroxylation is 1. The van der Waals surface area contributed by atoms with Gasteiger partial charge in [-0.2, -0.15) is 0 Å². The molecule has 1 amide bonds. The Morgan fingerprint density at radius 1 is 1.33 bits per heavy atom. The van der Waals surface area contributed by atoms with E-state index in [4.69, 9.17) is 4.74 Å². The highest BCUT2D eigenvalue weighted by Crippen LogP contribution is 2.17. The summed E-state index contributed by atoms with van der Waals surface area (Å²) in [6.07, 6.45) is 2.56. The molecule has 6 heteroatoms. The van der Waals surface area contributed by atoms with Crippen molar-refractivity contribution in [1.82, 2.24) is 14.9 Å². The molecule has 24 heavy (non-hydrogen) atoms. The van der Waals surface area contributed by atoms with Crippen molar-refractivity contribution in [3.63, 3.8) is 0 Å². The summed E-state index contributed by atoms with van der Waals surface area (Å²) >= 11 is 0. The van der Waals surface area contributed by atoms with Gasteiger partial charge in [0.25, 0.3) is 5.91 Å². The third-order valence-corrected chi connectivity index (χ3v) is 4.20. The highest BCUT2D eigenvalue weighted by molar-refractivity contribution is 5.97. The standard InChI is InChI=1S/C18H21N3O3/c1-2-17-19-11-15(20-17)18(23)21-8-9-24-12-14(21)10-16(22)13-6-4-3-5-7-13/h3-7,11,14H,2,8-10,12H2,1H3,(H,19,20). The van der Waals surface area contributed by atoms with E-state index in [0.717, 1.165) is 12.2 Å². The highest BCUT2D eigenvalue weighted by atomic mass is 16.5. The Morgan fingerprint density at radius 2 is 2.12 bits per heavy atom. The molecule has 1 N–H and O–H groups in total. The van der Waals surface area contributed by atoms with Crippen molar-refractivity contribution in [3.8, 4) is 0 Å². The molecule has 0 bridgehead atoms. The number of aromatic nitrogens is 2. The molecular formula is C18H21N3O3. The largest absolute Gasteiger partial charge is 0.377 e. The normalized spacial score (nSPS) is 17.7. The maximum atomic E-state index is 12.7. The number of H-pyrrole nitrogens is 1. The molecule has 1 unspecified atom stereocenters. The number of aromatic amines is 1. The van der Waals surface area contributed by atoms with Gasteiger partial charge in [0.05, 0.1) is 25.5 Å². The van der Waals surface area contributed by atoms with Gasteiger partial charge < -0.3 is 14.6 Å². The number of imidazole rings is 1. The van der Waals surface area contributed by atoms with Crippen molar-refractivity contribution in [1.29, 1.82) is 0 Å². The number of hydrogen-bond acceptors (Lipinski definition) is 4. The van der Waals surface area contributed by atoms with E-state index in [1.807, 2.05) is 25.1 Å². The first-order valence-corrected chi connectivity index (χ1v) is 8.20. The molecule has 1 saturated heterocycles. The van der Waals surface area contributed by atoms with Gasteiger partial charge in [0.2, 0.25) is 0 Å². The molecule has 2 aromatic rings. The summed E-state index contributed by atoms with van der Waals surface area (Å²) in [6.45, 7) is 3.31. The number of carbonyl (C=O) groups excluding carboxylic acids is 2. The number of benzene rings is 1. The maximum Gasteiger partial charge on any atom is 0.272 e.